The van der Waals surface area contributed by atoms with Gasteiger partial charge in [0.1, 0.15) is 5.75 Å². The fourth-order valence-electron chi connectivity index (χ4n) is 1.46. The van der Waals surface area contributed by atoms with Gasteiger partial charge in [0.2, 0.25) is 0 Å². The molecule has 2 aromatic rings. The molecule has 3 nitrogen and oxygen atoms in total. The number of thiophene rings is 1. The molecule has 1 aromatic carbocycles. The summed E-state index contributed by atoms with van der Waals surface area (Å²) in [5.74, 6) is 0.572. The van der Waals surface area contributed by atoms with Gasteiger partial charge in [-0.2, -0.15) is 0 Å². The molecule has 0 fully saturated rings. The molecule has 0 aliphatic carbocycles. The van der Waals surface area contributed by atoms with Crippen LogP contribution in [0.2, 0.25) is 0 Å². The Balaban J connectivity index is 2.18. The Labute approximate surface area is 118 Å². The number of ether oxygens (including phenoxy) is 1. The zero-order valence-electron chi connectivity index (χ0n) is 9.99. The van der Waals surface area contributed by atoms with Crippen LogP contribution in [0.15, 0.2) is 34.1 Å². The summed E-state index contributed by atoms with van der Waals surface area (Å²) >= 11 is 4.77. The Bertz CT molecular complexity index is 580. The maximum Gasteiger partial charge on any atom is 0.265 e. The summed E-state index contributed by atoms with van der Waals surface area (Å²) in [6.07, 6.45) is 0. The van der Waals surface area contributed by atoms with Crippen LogP contribution in [0.25, 0.3) is 0 Å². The zero-order valence-corrected chi connectivity index (χ0v) is 12.4. The third-order valence-corrected chi connectivity index (χ3v) is 4.00. The predicted octanol–water partition coefficient (Wildman–Crippen LogP) is 4.08. The standard InChI is InChI=1S/C13H12BrNO2S/c1-8-3-4-10(14)11(5-8)15-13(16)12-6-9(17-2)7-18-12/h3-7H,1-2H3,(H,15,16). The molecule has 18 heavy (non-hydrogen) atoms. The minimum absolute atomic E-state index is 0.130. The Morgan fingerprint density at radius 2 is 2.17 bits per heavy atom. The van der Waals surface area contributed by atoms with Crippen LogP contribution in [-0.2, 0) is 0 Å². The molecule has 1 amide bonds. The first kappa shape index (κ1) is 13.1. The number of benzene rings is 1. The molecule has 0 aliphatic rings. The van der Waals surface area contributed by atoms with Crippen LogP contribution >= 0.6 is 27.3 Å². The lowest BCUT2D eigenvalue weighted by molar-refractivity contribution is 0.103. The Morgan fingerprint density at radius 1 is 1.39 bits per heavy atom. The van der Waals surface area contributed by atoms with Gasteiger partial charge >= 0.3 is 0 Å². The van der Waals surface area contributed by atoms with Gasteiger partial charge in [-0.1, -0.05) is 6.07 Å². The largest absolute Gasteiger partial charge is 0.496 e. The third-order valence-electron chi connectivity index (χ3n) is 2.40. The first-order chi connectivity index (χ1) is 8.60. The Morgan fingerprint density at radius 3 is 2.83 bits per heavy atom. The number of hydrogen-bond donors (Lipinski definition) is 1. The second-order valence-corrected chi connectivity index (χ2v) is 5.55. The molecule has 1 N–H and O–H groups in total. The van der Waals surface area contributed by atoms with Gasteiger partial charge in [0, 0.05) is 15.9 Å². The number of methoxy groups -OCH3 is 1. The molecule has 0 radical (unpaired) electrons. The van der Waals surface area contributed by atoms with Gasteiger partial charge in [0.25, 0.3) is 5.91 Å². The first-order valence-electron chi connectivity index (χ1n) is 5.30. The van der Waals surface area contributed by atoms with E-state index in [2.05, 4.69) is 21.2 Å². The summed E-state index contributed by atoms with van der Waals surface area (Å²) in [6.45, 7) is 1.98. The molecule has 1 aromatic heterocycles. The molecule has 1 heterocycles. The Kier molecular flexibility index (Phi) is 4.04. The molecular formula is C13H12BrNO2S. The van der Waals surface area contributed by atoms with Crippen LogP contribution in [0.3, 0.4) is 0 Å². The lowest BCUT2D eigenvalue weighted by atomic mass is 10.2. The highest BCUT2D eigenvalue weighted by atomic mass is 79.9. The van der Waals surface area contributed by atoms with Crippen LogP contribution < -0.4 is 10.1 Å². The van der Waals surface area contributed by atoms with Gasteiger partial charge < -0.3 is 10.1 Å². The number of halogens is 1. The van der Waals surface area contributed by atoms with Crippen molar-refractivity contribution < 1.29 is 9.53 Å². The van der Waals surface area contributed by atoms with E-state index < -0.39 is 0 Å². The van der Waals surface area contributed by atoms with Crippen molar-refractivity contribution in [2.24, 2.45) is 0 Å². The lowest BCUT2D eigenvalue weighted by Gasteiger charge is -2.07. The number of anilines is 1. The minimum atomic E-state index is -0.130. The highest BCUT2D eigenvalue weighted by Crippen LogP contribution is 2.26. The summed E-state index contributed by atoms with van der Waals surface area (Å²) in [5, 5.41) is 4.68. The normalized spacial score (nSPS) is 10.2. The van der Waals surface area contributed by atoms with Crippen molar-refractivity contribution in [1.82, 2.24) is 0 Å². The van der Waals surface area contributed by atoms with Crippen molar-refractivity contribution in [2.75, 3.05) is 12.4 Å². The summed E-state index contributed by atoms with van der Waals surface area (Å²) < 4.78 is 5.92. The van der Waals surface area contributed by atoms with Gasteiger partial charge in [-0.15, -0.1) is 11.3 Å². The molecule has 0 bridgehead atoms. The van der Waals surface area contributed by atoms with E-state index in [1.54, 1.807) is 18.6 Å². The maximum atomic E-state index is 12.0. The molecule has 0 unspecified atom stereocenters. The molecule has 0 atom stereocenters. The topological polar surface area (TPSA) is 38.3 Å². The van der Waals surface area contributed by atoms with Crippen LogP contribution in [0.5, 0.6) is 5.75 Å². The van der Waals surface area contributed by atoms with Gasteiger partial charge in [0.05, 0.1) is 17.7 Å². The number of nitrogens with one attached hydrogen (secondary N) is 1. The van der Waals surface area contributed by atoms with Crippen LogP contribution in [0, 0.1) is 6.92 Å². The molecule has 0 saturated heterocycles. The van der Waals surface area contributed by atoms with Crippen molar-refractivity contribution >= 4 is 38.9 Å². The average molecular weight is 326 g/mol. The zero-order chi connectivity index (χ0) is 13.1. The van der Waals surface area contributed by atoms with E-state index in [0.717, 1.165) is 15.7 Å². The van der Waals surface area contributed by atoms with Crippen molar-refractivity contribution in [1.29, 1.82) is 0 Å². The monoisotopic (exact) mass is 325 g/mol. The molecule has 2 rings (SSSR count). The van der Waals surface area contributed by atoms with E-state index in [0.29, 0.717) is 10.6 Å². The van der Waals surface area contributed by atoms with E-state index >= 15 is 0 Å². The third kappa shape index (κ3) is 2.91. The smallest absolute Gasteiger partial charge is 0.265 e. The molecule has 5 heteroatoms. The quantitative estimate of drug-likeness (QED) is 0.923. The molecule has 0 aliphatic heterocycles. The number of hydrogen-bond acceptors (Lipinski definition) is 3. The highest BCUT2D eigenvalue weighted by molar-refractivity contribution is 9.10. The number of aryl methyl sites for hydroxylation is 1. The fourth-order valence-corrected chi connectivity index (χ4v) is 2.56. The average Bonchev–Trinajstić information content (AvgIpc) is 2.82. The van der Waals surface area contributed by atoms with Crippen LogP contribution in [-0.4, -0.2) is 13.0 Å². The summed E-state index contributed by atoms with van der Waals surface area (Å²) in [4.78, 5) is 12.7. The van der Waals surface area contributed by atoms with Gasteiger partial charge in [-0.25, -0.2) is 0 Å². The van der Waals surface area contributed by atoms with Gasteiger partial charge in [-0.3, -0.25) is 4.79 Å². The molecule has 0 spiro atoms. The fraction of sp³-hybridized carbons (Fsp3) is 0.154. The number of carbonyl (C=O) groups is 1. The highest BCUT2D eigenvalue weighted by Gasteiger charge is 2.11. The molecular weight excluding hydrogens is 314 g/mol. The van der Waals surface area contributed by atoms with Gasteiger partial charge in [-0.05, 0) is 40.5 Å². The number of rotatable bonds is 3. The summed E-state index contributed by atoms with van der Waals surface area (Å²) in [5.41, 5.74) is 1.87. The first-order valence-corrected chi connectivity index (χ1v) is 6.97. The predicted molar refractivity (Wildman–Crippen MR) is 77.7 cm³/mol. The van der Waals surface area contributed by atoms with Crippen LogP contribution in [0.1, 0.15) is 15.2 Å². The number of carbonyl (C=O) groups excluding carboxylic acids is 1. The summed E-state index contributed by atoms with van der Waals surface area (Å²) in [7, 11) is 1.58. The molecule has 0 saturated carbocycles. The van der Waals surface area contributed by atoms with Crippen LogP contribution in [0.4, 0.5) is 5.69 Å². The van der Waals surface area contributed by atoms with E-state index in [1.165, 1.54) is 11.3 Å². The second-order valence-electron chi connectivity index (χ2n) is 3.79. The Hall–Kier alpha value is -1.33. The number of amides is 1. The van der Waals surface area contributed by atoms with E-state index in [-0.39, 0.29) is 5.91 Å². The van der Waals surface area contributed by atoms with Crippen molar-refractivity contribution in [3.63, 3.8) is 0 Å². The van der Waals surface area contributed by atoms with E-state index in [9.17, 15) is 4.79 Å². The lowest BCUT2D eigenvalue weighted by Crippen LogP contribution is -2.10. The second kappa shape index (κ2) is 5.54. The van der Waals surface area contributed by atoms with E-state index in [4.69, 9.17) is 4.74 Å². The van der Waals surface area contributed by atoms with Crippen molar-refractivity contribution in [3.8, 4) is 5.75 Å². The van der Waals surface area contributed by atoms with E-state index in [1.807, 2.05) is 25.1 Å². The van der Waals surface area contributed by atoms with Crippen molar-refractivity contribution in [2.45, 2.75) is 6.92 Å². The van der Waals surface area contributed by atoms with Crippen molar-refractivity contribution in [3.05, 3.63) is 44.6 Å². The van der Waals surface area contributed by atoms with Gasteiger partial charge in [0.15, 0.2) is 0 Å². The maximum absolute atomic E-state index is 12.0. The summed E-state index contributed by atoms with van der Waals surface area (Å²) in [6, 6.07) is 7.55. The SMILES string of the molecule is COc1csc(C(=O)Nc2cc(C)ccc2Br)c1. The molecule has 94 valence electrons. The minimum Gasteiger partial charge on any atom is -0.496 e.